The Kier molecular flexibility index (Phi) is 3.58. The van der Waals surface area contributed by atoms with E-state index in [9.17, 15) is 0 Å². The van der Waals surface area contributed by atoms with E-state index in [1.807, 2.05) is 0 Å². The van der Waals surface area contributed by atoms with Crippen LogP contribution >= 0.6 is 11.6 Å². The Balaban J connectivity index is 1.61. The summed E-state index contributed by atoms with van der Waals surface area (Å²) in [5.74, 6) is 1.46. The van der Waals surface area contributed by atoms with Gasteiger partial charge < -0.3 is 24.0 Å². The SMILES string of the molecule is Clc1cc(N2CO[C@H]3COC[C@H]32)nc(N2CCOCC2)n1. The minimum atomic E-state index is 0.130. The molecule has 1 aromatic rings. The smallest absolute Gasteiger partial charge is 0.228 e. The molecule has 4 heterocycles. The zero-order chi connectivity index (χ0) is 14.2. The van der Waals surface area contributed by atoms with E-state index in [4.69, 9.17) is 25.8 Å². The molecule has 7 nitrogen and oxygen atoms in total. The van der Waals surface area contributed by atoms with Gasteiger partial charge in [-0.05, 0) is 0 Å². The lowest BCUT2D eigenvalue weighted by Crippen LogP contribution is -2.38. The summed E-state index contributed by atoms with van der Waals surface area (Å²) in [6, 6.07) is 2.00. The van der Waals surface area contributed by atoms with Gasteiger partial charge in [-0.2, -0.15) is 4.98 Å². The Morgan fingerprint density at radius 2 is 2.00 bits per heavy atom. The quantitative estimate of drug-likeness (QED) is 0.738. The van der Waals surface area contributed by atoms with Crippen molar-refractivity contribution in [2.75, 3.05) is 56.0 Å². The van der Waals surface area contributed by atoms with Crippen molar-refractivity contribution in [2.45, 2.75) is 12.1 Å². The van der Waals surface area contributed by atoms with Gasteiger partial charge in [0.15, 0.2) is 0 Å². The van der Waals surface area contributed by atoms with Crippen molar-refractivity contribution in [2.24, 2.45) is 0 Å². The molecule has 21 heavy (non-hydrogen) atoms. The van der Waals surface area contributed by atoms with Crippen LogP contribution < -0.4 is 9.80 Å². The van der Waals surface area contributed by atoms with E-state index in [0.29, 0.717) is 44.3 Å². The van der Waals surface area contributed by atoms with Crippen LogP contribution in [0.5, 0.6) is 0 Å². The van der Waals surface area contributed by atoms with E-state index in [0.717, 1.165) is 18.9 Å². The molecule has 0 aromatic carbocycles. The third-order valence-electron chi connectivity index (χ3n) is 4.09. The van der Waals surface area contributed by atoms with Crippen LogP contribution in [0.1, 0.15) is 0 Å². The fraction of sp³-hybridized carbons (Fsp3) is 0.692. The van der Waals surface area contributed by atoms with Gasteiger partial charge in [-0.15, -0.1) is 0 Å². The number of hydrogen-bond donors (Lipinski definition) is 0. The van der Waals surface area contributed by atoms with Crippen molar-refractivity contribution in [3.8, 4) is 0 Å². The Labute approximate surface area is 127 Å². The molecule has 3 fully saturated rings. The first-order valence-electron chi connectivity index (χ1n) is 7.14. The number of morpholine rings is 1. The maximum absolute atomic E-state index is 6.18. The molecule has 8 heteroatoms. The van der Waals surface area contributed by atoms with Gasteiger partial charge in [0.25, 0.3) is 0 Å². The Hall–Kier alpha value is -1.15. The lowest BCUT2D eigenvalue weighted by atomic mass is 10.2. The lowest BCUT2D eigenvalue weighted by molar-refractivity contribution is 0.0723. The number of nitrogens with zero attached hydrogens (tertiary/aromatic N) is 4. The molecule has 3 aliphatic rings. The molecule has 0 amide bonds. The van der Waals surface area contributed by atoms with Crippen LogP contribution in [0.25, 0.3) is 0 Å². The van der Waals surface area contributed by atoms with E-state index in [2.05, 4.69) is 19.8 Å². The van der Waals surface area contributed by atoms with Gasteiger partial charge in [-0.1, -0.05) is 11.6 Å². The second-order valence-electron chi connectivity index (χ2n) is 5.36. The Morgan fingerprint density at radius 1 is 1.14 bits per heavy atom. The summed E-state index contributed by atoms with van der Waals surface area (Å²) < 4.78 is 16.6. The van der Waals surface area contributed by atoms with E-state index in [-0.39, 0.29) is 12.1 Å². The van der Waals surface area contributed by atoms with Crippen LogP contribution in [0.3, 0.4) is 0 Å². The molecular weight excluding hydrogens is 296 g/mol. The first-order valence-corrected chi connectivity index (χ1v) is 7.52. The van der Waals surface area contributed by atoms with Crippen LogP contribution in [-0.4, -0.2) is 68.4 Å². The van der Waals surface area contributed by atoms with Crippen LogP contribution in [0, 0.1) is 0 Å². The fourth-order valence-electron chi connectivity index (χ4n) is 2.93. The molecule has 0 saturated carbocycles. The maximum Gasteiger partial charge on any atom is 0.228 e. The Bertz CT molecular complexity index is 526. The highest BCUT2D eigenvalue weighted by atomic mass is 35.5. The predicted octanol–water partition coefficient (Wildman–Crippen LogP) is 0.528. The van der Waals surface area contributed by atoms with Gasteiger partial charge in [0, 0.05) is 19.2 Å². The standard InChI is InChI=1S/C13H17ClN4O3/c14-11-5-12(18-8-21-10-7-20-6-9(10)18)16-13(15-11)17-1-3-19-4-2-17/h5,9-10H,1-4,6-8H2/t9-,10+/m1/s1. The van der Waals surface area contributed by atoms with Gasteiger partial charge in [-0.25, -0.2) is 4.98 Å². The largest absolute Gasteiger partial charge is 0.378 e. The van der Waals surface area contributed by atoms with Crippen molar-refractivity contribution in [3.63, 3.8) is 0 Å². The summed E-state index contributed by atoms with van der Waals surface area (Å²) >= 11 is 6.18. The number of ether oxygens (including phenoxy) is 3. The summed E-state index contributed by atoms with van der Waals surface area (Å²) in [7, 11) is 0. The lowest BCUT2D eigenvalue weighted by Gasteiger charge is -2.28. The van der Waals surface area contributed by atoms with Crippen LogP contribution in [0.2, 0.25) is 5.15 Å². The van der Waals surface area contributed by atoms with Crippen LogP contribution in [-0.2, 0) is 14.2 Å². The summed E-state index contributed by atoms with van der Waals surface area (Å²) in [5, 5.41) is 0.448. The number of anilines is 2. The molecule has 114 valence electrons. The van der Waals surface area contributed by atoms with Gasteiger partial charge in [0.1, 0.15) is 23.8 Å². The van der Waals surface area contributed by atoms with E-state index >= 15 is 0 Å². The molecule has 0 bridgehead atoms. The Morgan fingerprint density at radius 3 is 2.86 bits per heavy atom. The zero-order valence-corrected chi connectivity index (χ0v) is 12.3. The number of halogens is 1. The second-order valence-corrected chi connectivity index (χ2v) is 5.74. The molecule has 3 aliphatic heterocycles. The van der Waals surface area contributed by atoms with Crippen molar-refractivity contribution >= 4 is 23.4 Å². The van der Waals surface area contributed by atoms with Gasteiger partial charge >= 0.3 is 0 Å². The molecule has 0 aliphatic carbocycles. The monoisotopic (exact) mass is 312 g/mol. The van der Waals surface area contributed by atoms with E-state index < -0.39 is 0 Å². The summed E-state index contributed by atoms with van der Waals surface area (Å²) in [6.07, 6.45) is 0.130. The van der Waals surface area contributed by atoms with Crippen molar-refractivity contribution in [3.05, 3.63) is 11.2 Å². The van der Waals surface area contributed by atoms with Gasteiger partial charge in [-0.3, -0.25) is 0 Å². The van der Waals surface area contributed by atoms with Gasteiger partial charge in [0.2, 0.25) is 5.95 Å². The molecule has 3 saturated heterocycles. The van der Waals surface area contributed by atoms with Crippen molar-refractivity contribution in [1.29, 1.82) is 0 Å². The minimum Gasteiger partial charge on any atom is -0.378 e. The average Bonchev–Trinajstić information content (AvgIpc) is 3.10. The molecule has 2 atom stereocenters. The number of fused-ring (bicyclic) bond motifs is 1. The van der Waals surface area contributed by atoms with Crippen molar-refractivity contribution < 1.29 is 14.2 Å². The van der Waals surface area contributed by atoms with E-state index in [1.54, 1.807) is 6.07 Å². The van der Waals surface area contributed by atoms with Gasteiger partial charge in [0.05, 0.1) is 32.5 Å². The highest BCUT2D eigenvalue weighted by Gasteiger charge is 2.40. The first kappa shape index (κ1) is 13.5. The topological polar surface area (TPSA) is 60.0 Å². The summed E-state index contributed by atoms with van der Waals surface area (Å²) in [4.78, 5) is 13.2. The number of rotatable bonds is 2. The molecule has 0 spiro atoms. The number of hydrogen-bond acceptors (Lipinski definition) is 7. The number of aromatic nitrogens is 2. The third-order valence-corrected chi connectivity index (χ3v) is 4.28. The normalized spacial score (nSPS) is 29.0. The zero-order valence-electron chi connectivity index (χ0n) is 11.6. The molecule has 0 N–H and O–H groups in total. The molecule has 0 unspecified atom stereocenters. The second kappa shape index (κ2) is 5.57. The maximum atomic E-state index is 6.18. The molecule has 4 rings (SSSR count). The van der Waals surface area contributed by atoms with Crippen LogP contribution in [0.15, 0.2) is 6.07 Å². The predicted molar refractivity (Wildman–Crippen MR) is 76.9 cm³/mol. The molecule has 0 radical (unpaired) electrons. The summed E-state index contributed by atoms with van der Waals surface area (Å²) in [6.45, 7) is 4.79. The highest BCUT2D eigenvalue weighted by molar-refractivity contribution is 6.29. The third kappa shape index (κ3) is 2.55. The van der Waals surface area contributed by atoms with Crippen LogP contribution in [0.4, 0.5) is 11.8 Å². The fourth-order valence-corrected chi connectivity index (χ4v) is 3.10. The first-order chi connectivity index (χ1) is 10.3. The average molecular weight is 313 g/mol. The molecule has 1 aromatic heterocycles. The highest BCUT2D eigenvalue weighted by Crippen LogP contribution is 2.30. The molecular formula is C13H17ClN4O3. The minimum absolute atomic E-state index is 0.130. The summed E-state index contributed by atoms with van der Waals surface area (Å²) in [5.41, 5.74) is 0. The van der Waals surface area contributed by atoms with Crippen molar-refractivity contribution in [1.82, 2.24) is 9.97 Å². The van der Waals surface area contributed by atoms with E-state index in [1.165, 1.54) is 0 Å².